The van der Waals surface area contributed by atoms with Crippen LogP contribution in [0.1, 0.15) is 36.6 Å². The van der Waals surface area contributed by atoms with E-state index in [0.717, 1.165) is 24.3 Å². The Hall–Kier alpha value is -3.41. The number of amides is 2. The molecule has 8 nitrogen and oxygen atoms in total. The number of sulfonamides is 1. The Kier molecular flexibility index (Phi) is 4.38. The molecule has 28 heavy (non-hydrogen) atoms. The number of carboxylic acids is 1. The van der Waals surface area contributed by atoms with Gasteiger partial charge in [0.1, 0.15) is 0 Å². The van der Waals surface area contributed by atoms with Crippen LogP contribution in [0.5, 0.6) is 0 Å². The van der Waals surface area contributed by atoms with Gasteiger partial charge in [0.25, 0.3) is 21.8 Å². The number of hydrogen-bond acceptors (Lipinski definition) is 5. The normalized spacial score (nSPS) is 13.8. The molecule has 146 valence electrons. The number of benzene rings is 2. The van der Waals surface area contributed by atoms with E-state index < -0.39 is 55.7 Å². The minimum absolute atomic E-state index is 0.0452. The number of carbonyl (C=O) groups excluding carboxylic acids is 2. The lowest BCUT2D eigenvalue weighted by Gasteiger charge is -2.13. The average Bonchev–Trinajstić information content (AvgIpc) is 2.87. The van der Waals surface area contributed by atoms with E-state index in [1.165, 1.54) is 0 Å². The molecule has 2 aromatic carbocycles. The molecule has 0 spiro atoms. The first-order valence-corrected chi connectivity index (χ1v) is 8.85. The molecule has 2 aromatic rings. The molecular weight excluding hydrogens is 405 g/mol. The maximum atomic E-state index is 13.0. The van der Waals surface area contributed by atoms with Gasteiger partial charge in [0, 0.05) is 0 Å². The third-order valence-electron chi connectivity index (χ3n) is 3.78. The lowest BCUT2D eigenvalue weighted by atomic mass is 10.1. The molecule has 1 heterocycles. The number of rotatable bonds is 4. The number of nitrogens with one attached hydrogen (secondary N) is 2. The first kappa shape index (κ1) is 19.4. The number of alkyl halides is 3. The van der Waals surface area contributed by atoms with Gasteiger partial charge in [-0.3, -0.25) is 19.6 Å². The summed E-state index contributed by atoms with van der Waals surface area (Å²) >= 11 is 0. The standard InChI is InChI=1S/C16H9F3N2O6S/c17-16(18,19)8-3-7(15(24)25)4-9(5-8)21-28(26,27)10-1-2-11-12(6-10)14(23)20-13(11)22/h1-6,21H,(H,24,25)(H,20,22,23). The number of carboxylic acid groups (broad SMARTS) is 1. The lowest BCUT2D eigenvalue weighted by molar-refractivity contribution is -0.137. The minimum Gasteiger partial charge on any atom is -0.478 e. The van der Waals surface area contributed by atoms with Gasteiger partial charge in [0.05, 0.1) is 32.8 Å². The van der Waals surface area contributed by atoms with E-state index in [-0.39, 0.29) is 11.1 Å². The van der Waals surface area contributed by atoms with Gasteiger partial charge in [-0.25, -0.2) is 13.2 Å². The van der Waals surface area contributed by atoms with Gasteiger partial charge < -0.3 is 5.11 Å². The van der Waals surface area contributed by atoms with E-state index in [1.807, 2.05) is 10.0 Å². The zero-order chi connectivity index (χ0) is 20.9. The molecule has 0 saturated carbocycles. The van der Waals surface area contributed by atoms with Crippen LogP contribution in [0.4, 0.5) is 18.9 Å². The molecule has 1 aliphatic rings. The summed E-state index contributed by atoms with van der Waals surface area (Å²) in [5, 5.41) is 10.9. The molecule has 3 rings (SSSR count). The van der Waals surface area contributed by atoms with Gasteiger partial charge in [0.15, 0.2) is 0 Å². The van der Waals surface area contributed by atoms with Gasteiger partial charge in [-0.1, -0.05) is 0 Å². The van der Waals surface area contributed by atoms with Crippen molar-refractivity contribution in [3.05, 3.63) is 58.7 Å². The van der Waals surface area contributed by atoms with Gasteiger partial charge in [-0.2, -0.15) is 13.2 Å². The van der Waals surface area contributed by atoms with Gasteiger partial charge in [-0.15, -0.1) is 0 Å². The highest BCUT2D eigenvalue weighted by molar-refractivity contribution is 7.92. The molecule has 0 radical (unpaired) electrons. The highest BCUT2D eigenvalue weighted by Gasteiger charge is 2.33. The molecule has 0 atom stereocenters. The molecule has 2 amide bonds. The number of carbonyl (C=O) groups is 3. The fraction of sp³-hybridized carbons (Fsp3) is 0.0625. The van der Waals surface area contributed by atoms with Crippen LogP contribution < -0.4 is 10.0 Å². The van der Waals surface area contributed by atoms with E-state index in [0.29, 0.717) is 12.1 Å². The van der Waals surface area contributed by atoms with Crippen LogP contribution in [0.15, 0.2) is 41.3 Å². The van der Waals surface area contributed by atoms with Crippen LogP contribution in [0.2, 0.25) is 0 Å². The summed E-state index contributed by atoms with van der Waals surface area (Å²) in [5.74, 6) is -3.20. The number of halogens is 3. The highest BCUT2D eigenvalue weighted by atomic mass is 32.2. The molecule has 12 heteroatoms. The summed E-state index contributed by atoms with van der Waals surface area (Å²) in [4.78, 5) is 33.7. The third kappa shape index (κ3) is 3.53. The van der Waals surface area contributed by atoms with Crippen LogP contribution in [-0.2, 0) is 16.2 Å². The van der Waals surface area contributed by atoms with Crippen molar-refractivity contribution in [3.8, 4) is 0 Å². The number of aromatic carboxylic acids is 1. The Balaban J connectivity index is 2.03. The van der Waals surface area contributed by atoms with Gasteiger partial charge >= 0.3 is 12.1 Å². The smallest absolute Gasteiger partial charge is 0.416 e. The second-order valence-corrected chi connectivity index (χ2v) is 7.38. The summed E-state index contributed by atoms with van der Waals surface area (Å²) in [5.41, 5.74) is -3.01. The summed E-state index contributed by atoms with van der Waals surface area (Å²) in [7, 11) is -4.48. The first-order valence-electron chi connectivity index (χ1n) is 7.36. The first-order chi connectivity index (χ1) is 12.9. The number of fused-ring (bicyclic) bond motifs is 1. The topological polar surface area (TPSA) is 130 Å². The summed E-state index contributed by atoms with van der Waals surface area (Å²) in [6, 6.07) is 4.49. The van der Waals surface area contributed by atoms with Crippen molar-refractivity contribution in [1.29, 1.82) is 0 Å². The number of hydrogen-bond donors (Lipinski definition) is 3. The predicted molar refractivity (Wildman–Crippen MR) is 87.5 cm³/mol. The van der Waals surface area contributed by atoms with Crippen molar-refractivity contribution in [2.24, 2.45) is 0 Å². The molecule has 0 aromatic heterocycles. The van der Waals surface area contributed by atoms with E-state index in [4.69, 9.17) is 5.11 Å². The van der Waals surface area contributed by atoms with Crippen molar-refractivity contribution >= 4 is 33.5 Å². The molecule has 0 aliphatic carbocycles. The van der Waals surface area contributed by atoms with Crippen LogP contribution in [-0.4, -0.2) is 31.3 Å². The Morgan fingerprint density at radius 1 is 1.00 bits per heavy atom. The summed E-state index contributed by atoms with van der Waals surface area (Å²) in [6.45, 7) is 0. The maximum absolute atomic E-state index is 13.0. The lowest BCUT2D eigenvalue weighted by Crippen LogP contribution is -2.20. The van der Waals surface area contributed by atoms with Crippen molar-refractivity contribution in [2.75, 3.05) is 4.72 Å². The summed E-state index contributed by atoms with van der Waals surface area (Å²) < 4.78 is 65.7. The SMILES string of the molecule is O=C(O)c1cc(NS(=O)(=O)c2ccc3c(c2)C(=O)NC3=O)cc(C(F)(F)F)c1. The van der Waals surface area contributed by atoms with Crippen molar-refractivity contribution in [3.63, 3.8) is 0 Å². The zero-order valence-electron chi connectivity index (χ0n) is 13.5. The Morgan fingerprint density at radius 2 is 1.64 bits per heavy atom. The second-order valence-electron chi connectivity index (χ2n) is 5.70. The largest absolute Gasteiger partial charge is 0.478 e. The summed E-state index contributed by atoms with van der Waals surface area (Å²) in [6.07, 6.45) is -4.91. The number of imide groups is 1. The van der Waals surface area contributed by atoms with Crippen LogP contribution in [0.25, 0.3) is 0 Å². The van der Waals surface area contributed by atoms with Crippen LogP contribution in [0, 0.1) is 0 Å². The van der Waals surface area contributed by atoms with Crippen LogP contribution in [0.3, 0.4) is 0 Å². The van der Waals surface area contributed by atoms with E-state index in [2.05, 4.69) is 0 Å². The fourth-order valence-corrected chi connectivity index (χ4v) is 3.57. The van der Waals surface area contributed by atoms with Crippen LogP contribution >= 0.6 is 0 Å². The Morgan fingerprint density at radius 3 is 2.25 bits per heavy atom. The molecular formula is C16H9F3N2O6S. The Bertz CT molecular complexity index is 1140. The molecule has 0 fully saturated rings. The average molecular weight is 414 g/mol. The predicted octanol–water partition coefficient (Wildman–Crippen LogP) is 2.09. The maximum Gasteiger partial charge on any atom is 0.416 e. The van der Waals surface area contributed by atoms with Crippen molar-refractivity contribution in [2.45, 2.75) is 11.1 Å². The van der Waals surface area contributed by atoms with E-state index >= 15 is 0 Å². The van der Waals surface area contributed by atoms with Crippen molar-refractivity contribution < 1.29 is 41.1 Å². The van der Waals surface area contributed by atoms with E-state index in [1.54, 1.807) is 0 Å². The molecule has 1 aliphatic heterocycles. The second kappa shape index (κ2) is 6.34. The molecule has 0 saturated heterocycles. The molecule has 0 bridgehead atoms. The Labute approximate surface area is 155 Å². The third-order valence-corrected chi connectivity index (χ3v) is 5.16. The highest BCUT2D eigenvalue weighted by Crippen LogP contribution is 2.33. The fourth-order valence-electron chi connectivity index (χ4n) is 2.50. The van der Waals surface area contributed by atoms with Crippen molar-refractivity contribution in [1.82, 2.24) is 5.32 Å². The number of anilines is 1. The van der Waals surface area contributed by atoms with Gasteiger partial charge in [-0.05, 0) is 36.4 Å². The molecule has 3 N–H and O–H groups in total. The quantitative estimate of drug-likeness (QED) is 0.657. The minimum atomic E-state index is -4.91. The molecule has 0 unspecified atom stereocenters. The van der Waals surface area contributed by atoms with Gasteiger partial charge in [0.2, 0.25) is 0 Å². The monoisotopic (exact) mass is 414 g/mol. The van der Waals surface area contributed by atoms with E-state index in [9.17, 15) is 36.0 Å². The zero-order valence-corrected chi connectivity index (χ0v) is 14.3.